The quantitative estimate of drug-likeness (QED) is 0.330. The van der Waals surface area contributed by atoms with Gasteiger partial charge in [-0.15, -0.1) is 0 Å². The van der Waals surface area contributed by atoms with Gasteiger partial charge in [-0.05, 0) is 69.0 Å². The number of carbonyl (C=O) groups is 2. The summed E-state index contributed by atoms with van der Waals surface area (Å²) in [6, 6.07) is 6.19. The fraction of sp³-hybridized carbons (Fsp3) is 0.370. The average Bonchev–Trinajstić information content (AvgIpc) is 3.52. The zero-order valence-electron chi connectivity index (χ0n) is 21.4. The van der Waals surface area contributed by atoms with E-state index < -0.39 is 12.1 Å². The molecule has 1 saturated heterocycles. The smallest absolute Gasteiger partial charge is 0.271 e. The summed E-state index contributed by atoms with van der Waals surface area (Å²) in [5, 5.41) is 13.0. The summed E-state index contributed by atoms with van der Waals surface area (Å²) >= 11 is 0. The van der Waals surface area contributed by atoms with Gasteiger partial charge in [0.1, 0.15) is 11.7 Å². The number of aliphatic hydroxyl groups excluding tert-OH is 1. The molecule has 0 bridgehead atoms. The molecular formula is C27H36N6O3. The minimum atomic E-state index is -0.617. The van der Waals surface area contributed by atoms with Crippen LogP contribution in [0.5, 0.6) is 0 Å². The zero-order valence-corrected chi connectivity index (χ0v) is 21.4. The molecule has 1 aromatic heterocycles. The van der Waals surface area contributed by atoms with Crippen LogP contribution >= 0.6 is 0 Å². The summed E-state index contributed by atoms with van der Waals surface area (Å²) in [7, 11) is 0. The molecule has 1 aliphatic heterocycles. The summed E-state index contributed by atoms with van der Waals surface area (Å²) < 4.78 is 1.71. The minimum absolute atomic E-state index is 0.209. The molecular weight excluding hydrogens is 456 g/mol. The van der Waals surface area contributed by atoms with Gasteiger partial charge < -0.3 is 31.4 Å². The summed E-state index contributed by atoms with van der Waals surface area (Å²) in [6.07, 6.45) is 7.69. The Morgan fingerprint density at radius 1 is 1.19 bits per heavy atom. The lowest BCUT2D eigenvalue weighted by Gasteiger charge is -2.27. The largest absolute Gasteiger partial charge is 0.404 e. The predicted molar refractivity (Wildman–Crippen MR) is 141 cm³/mol. The van der Waals surface area contributed by atoms with Crippen molar-refractivity contribution in [2.75, 3.05) is 13.2 Å². The van der Waals surface area contributed by atoms with Gasteiger partial charge in [0.2, 0.25) is 5.91 Å². The molecule has 0 spiro atoms. The van der Waals surface area contributed by atoms with Crippen LogP contribution in [0, 0.1) is 6.92 Å². The van der Waals surface area contributed by atoms with E-state index in [4.69, 9.17) is 11.5 Å². The summed E-state index contributed by atoms with van der Waals surface area (Å²) in [5.41, 5.74) is 16.8. The molecule has 3 rings (SSSR count). The Kier molecular flexibility index (Phi) is 8.71. The lowest BCUT2D eigenvalue weighted by atomic mass is 9.97. The Morgan fingerprint density at radius 3 is 2.42 bits per heavy atom. The van der Waals surface area contributed by atoms with Crippen molar-refractivity contribution in [1.29, 1.82) is 0 Å². The Balaban J connectivity index is 1.77. The van der Waals surface area contributed by atoms with Crippen LogP contribution in [0.3, 0.4) is 0 Å². The van der Waals surface area contributed by atoms with E-state index in [0.717, 1.165) is 40.0 Å². The number of rotatable bonds is 8. The van der Waals surface area contributed by atoms with Crippen molar-refractivity contribution in [3.63, 3.8) is 0 Å². The normalized spacial score (nSPS) is 17.1. The van der Waals surface area contributed by atoms with Gasteiger partial charge in [0.15, 0.2) is 0 Å². The number of aryl methyl sites for hydroxylation is 1. The van der Waals surface area contributed by atoms with E-state index in [1.165, 1.54) is 12.4 Å². The van der Waals surface area contributed by atoms with Crippen molar-refractivity contribution in [2.45, 2.75) is 52.6 Å². The summed E-state index contributed by atoms with van der Waals surface area (Å²) in [6.45, 7) is 7.68. The lowest BCUT2D eigenvalue weighted by molar-refractivity contribution is -0.135. The minimum Gasteiger partial charge on any atom is -0.404 e. The van der Waals surface area contributed by atoms with E-state index in [1.54, 1.807) is 22.0 Å². The van der Waals surface area contributed by atoms with Crippen LogP contribution in [-0.2, 0) is 9.59 Å². The Labute approximate surface area is 212 Å². The number of carbonyl (C=O) groups excluding carboxylic acids is 2. The number of likely N-dealkylation sites (tertiary alicyclic amines) is 1. The second-order valence-electron chi connectivity index (χ2n) is 9.22. The molecule has 2 unspecified atom stereocenters. The van der Waals surface area contributed by atoms with E-state index in [9.17, 15) is 14.7 Å². The van der Waals surface area contributed by atoms with Crippen LogP contribution in [0.2, 0.25) is 0 Å². The number of benzene rings is 1. The predicted octanol–water partition coefficient (Wildman–Crippen LogP) is 2.45. The van der Waals surface area contributed by atoms with Crippen LogP contribution in [0.1, 0.15) is 56.5 Å². The highest BCUT2D eigenvalue weighted by Gasteiger charge is 2.37. The molecule has 2 atom stereocenters. The molecule has 36 heavy (non-hydrogen) atoms. The molecule has 0 aliphatic carbocycles. The van der Waals surface area contributed by atoms with E-state index in [-0.39, 0.29) is 18.4 Å². The van der Waals surface area contributed by atoms with E-state index in [0.29, 0.717) is 18.7 Å². The van der Waals surface area contributed by atoms with Gasteiger partial charge in [-0.25, -0.2) is 4.98 Å². The third-order valence-electron chi connectivity index (χ3n) is 6.43. The number of hydrogen-bond acceptors (Lipinski definition) is 6. The number of hydrogen-bond donors (Lipinski definition) is 4. The Hall–Kier alpha value is -3.85. The number of nitrogens with one attached hydrogen (secondary N) is 1. The third-order valence-corrected chi connectivity index (χ3v) is 6.43. The van der Waals surface area contributed by atoms with Crippen LogP contribution in [-0.4, -0.2) is 50.6 Å². The fourth-order valence-corrected chi connectivity index (χ4v) is 4.49. The van der Waals surface area contributed by atoms with Crippen LogP contribution < -0.4 is 16.8 Å². The maximum Gasteiger partial charge on any atom is 0.271 e. The van der Waals surface area contributed by atoms with E-state index >= 15 is 0 Å². The molecule has 0 saturated carbocycles. The van der Waals surface area contributed by atoms with Gasteiger partial charge in [0.25, 0.3) is 5.91 Å². The molecule has 1 aliphatic rings. The third kappa shape index (κ3) is 5.68. The van der Waals surface area contributed by atoms with Gasteiger partial charge >= 0.3 is 0 Å². The first-order valence-electron chi connectivity index (χ1n) is 12.0. The van der Waals surface area contributed by atoms with E-state index in [1.807, 2.05) is 52.0 Å². The first-order chi connectivity index (χ1) is 17.2. The van der Waals surface area contributed by atoms with Gasteiger partial charge in [0, 0.05) is 24.5 Å². The number of imidazole rings is 1. The highest BCUT2D eigenvalue weighted by Crippen LogP contribution is 2.26. The van der Waals surface area contributed by atoms with Gasteiger partial charge in [-0.2, -0.15) is 0 Å². The number of aliphatic hydroxyl groups is 1. The first kappa shape index (κ1) is 26.7. The second kappa shape index (κ2) is 11.7. The summed E-state index contributed by atoms with van der Waals surface area (Å²) in [4.78, 5) is 32.6. The average molecular weight is 493 g/mol. The highest BCUT2D eigenvalue weighted by atomic mass is 16.3. The highest BCUT2D eigenvalue weighted by molar-refractivity contribution is 6.15. The zero-order chi connectivity index (χ0) is 26.4. The molecule has 192 valence electrons. The topological polar surface area (TPSA) is 140 Å². The van der Waals surface area contributed by atoms with E-state index in [2.05, 4.69) is 10.3 Å². The molecule has 9 nitrogen and oxygen atoms in total. The van der Waals surface area contributed by atoms with Crippen molar-refractivity contribution >= 4 is 23.1 Å². The molecule has 2 aromatic rings. The number of allylic oxidation sites excluding steroid dienone is 3. The fourth-order valence-electron chi connectivity index (χ4n) is 4.49. The maximum absolute atomic E-state index is 13.5. The van der Waals surface area contributed by atoms with Gasteiger partial charge in [-0.1, -0.05) is 24.3 Å². The van der Waals surface area contributed by atoms with Crippen molar-refractivity contribution in [1.82, 2.24) is 19.8 Å². The molecule has 1 aromatic carbocycles. The molecule has 0 radical (unpaired) electrons. The maximum atomic E-state index is 13.5. The first-order valence-corrected chi connectivity index (χ1v) is 12.0. The van der Waals surface area contributed by atoms with Crippen molar-refractivity contribution in [3.05, 3.63) is 77.2 Å². The van der Waals surface area contributed by atoms with Crippen molar-refractivity contribution in [3.8, 4) is 0 Å². The van der Waals surface area contributed by atoms with Crippen molar-refractivity contribution < 1.29 is 14.7 Å². The SMILES string of the molecule is CC(C)=C(C(=O)N1CCCC1C(=O)NC(CO)c1ccc(C(=C/N)/C(C)=C\N)cc1)n1cnc(C)c1. The number of aromatic nitrogens is 2. The lowest BCUT2D eigenvalue weighted by Crippen LogP contribution is -2.48. The monoisotopic (exact) mass is 492 g/mol. The van der Waals surface area contributed by atoms with Crippen LogP contribution in [0.25, 0.3) is 11.3 Å². The molecule has 2 amide bonds. The second-order valence-corrected chi connectivity index (χ2v) is 9.22. The van der Waals surface area contributed by atoms with Gasteiger partial charge in [-0.3, -0.25) is 9.59 Å². The number of nitrogens with zero attached hydrogens (tertiary/aromatic N) is 3. The number of nitrogens with two attached hydrogens (primary N) is 2. The Morgan fingerprint density at radius 2 is 1.89 bits per heavy atom. The molecule has 9 heteroatoms. The molecule has 6 N–H and O–H groups in total. The standard InChI is InChI=1S/C27H36N6O3/c1-17(2)25(32-14-19(4)30-16-32)27(36)33-11-5-6-24(33)26(35)31-23(15-34)21-9-7-20(8-10-21)22(13-29)18(3)12-28/h7-10,12-14,16,23-24,34H,5-6,11,15,28-29H2,1-4H3,(H,31,35)/b18-12-,22-13+. The van der Waals surface area contributed by atoms with Crippen molar-refractivity contribution in [2.24, 2.45) is 11.5 Å². The number of amides is 2. The van der Waals surface area contributed by atoms with Crippen LogP contribution in [0.4, 0.5) is 0 Å². The van der Waals surface area contributed by atoms with Gasteiger partial charge in [0.05, 0.1) is 24.7 Å². The summed E-state index contributed by atoms with van der Waals surface area (Å²) in [5.74, 6) is -0.497. The molecule has 1 fully saturated rings. The molecule has 2 heterocycles. The Bertz CT molecular complexity index is 1190. The van der Waals surface area contributed by atoms with Crippen LogP contribution in [0.15, 0.2) is 60.3 Å².